The van der Waals surface area contributed by atoms with Gasteiger partial charge in [0.15, 0.2) is 0 Å². The Morgan fingerprint density at radius 2 is 1.23 bits per heavy atom. The van der Waals surface area contributed by atoms with Crippen LogP contribution < -0.4 is 10.6 Å². The van der Waals surface area contributed by atoms with E-state index in [9.17, 15) is 14.4 Å². The Labute approximate surface area is 212 Å². The van der Waals surface area contributed by atoms with E-state index in [4.69, 9.17) is 5.11 Å². The predicted octanol–water partition coefficient (Wildman–Crippen LogP) is 6.70. The largest absolute Gasteiger partial charge is 0.481 e. The van der Waals surface area contributed by atoms with Gasteiger partial charge in [-0.05, 0) is 24.8 Å². The van der Waals surface area contributed by atoms with Crippen molar-refractivity contribution >= 4 is 17.8 Å². The van der Waals surface area contributed by atoms with Crippen molar-refractivity contribution in [3.8, 4) is 0 Å². The highest BCUT2D eigenvalue weighted by Crippen LogP contribution is 2.15. The topological polar surface area (TPSA) is 95.5 Å². The smallest absolute Gasteiger partial charge is 0.303 e. The molecule has 1 atom stereocenters. The van der Waals surface area contributed by atoms with E-state index in [1.165, 1.54) is 32.1 Å². The van der Waals surface area contributed by atoms with Crippen LogP contribution in [0.3, 0.4) is 0 Å². The summed E-state index contributed by atoms with van der Waals surface area (Å²) >= 11 is 0. The molecular weight excluding hydrogens is 440 g/mol. The first kappa shape index (κ1) is 30.7. The Hall–Kier alpha value is -2.37. The summed E-state index contributed by atoms with van der Waals surface area (Å²) in [4.78, 5) is 35.8. The second kappa shape index (κ2) is 21.0. The average molecular weight is 489 g/mol. The van der Waals surface area contributed by atoms with E-state index in [0.29, 0.717) is 13.0 Å². The van der Waals surface area contributed by atoms with Crippen LogP contribution in [0.5, 0.6) is 0 Å². The van der Waals surface area contributed by atoms with E-state index in [0.717, 1.165) is 69.8 Å². The summed E-state index contributed by atoms with van der Waals surface area (Å²) in [5.41, 5.74) is 0.810. The first-order chi connectivity index (χ1) is 17.0. The monoisotopic (exact) mass is 488 g/mol. The first-order valence-electron chi connectivity index (χ1n) is 13.9. The van der Waals surface area contributed by atoms with Gasteiger partial charge >= 0.3 is 5.97 Å². The number of nitrogens with one attached hydrogen (secondary N) is 2. The molecule has 3 N–H and O–H groups in total. The zero-order valence-electron chi connectivity index (χ0n) is 21.9. The lowest BCUT2D eigenvalue weighted by molar-refractivity contribution is -0.137. The third kappa shape index (κ3) is 16.8. The van der Waals surface area contributed by atoms with Gasteiger partial charge in [0.1, 0.15) is 6.04 Å². The van der Waals surface area contributed by atoms with Gasteiger partial charge in [0.05, 0.1) is 0 Å². The van der Waals surface area contributed by atoms with Gasteiger partial charge in [0.2, 0.25) is 11.8 Å². The Bertz CT molecular complexity index is 693. The Morgan fingerprint density at radius 3 is 1.80 bits per heavy atom. The molecule has 0 heterocycles. The molecule has 35 heavy (non-hydrogen) atoms. The SMILES string of the molecule is CCCCCCCCC(=O)N[C@@H](C(=O)NCCCCCCCCCCCC(=O)O)c1ccccc1. The first-order valence-corrected chi connectivity index (χ1v) is 13.9. The van der Waals surface area contributed by atoms with Crippen molar-refractivity contribution in [3.05, 3.63) is 35.9 Å². The van der Waals surface area contributed by atoms with Gasteiger partial charge in [-0.3, -0.25) is 14.4 Å². The van der Waals surface area contributed by atoms with Crippen molar-refractivity contribution in [1.82, 2.24) is 10.6 Å². The highest BCUT2D eigenvalue weighted by molar-refractivity contribution is 5.88. The van der Waals surface area contributed by atoms with Crippen LogP contribution in [0.4, 0.5) is 0 Å². The maximum absolute atomic E-state index is 12.9. The fourth-order valence-electron chi connectivity index (χ4n) is 4.20. The molecule has 0 bridgehead atoms. The van der Waals surface area contributed by atoms with Crippen molar-refractivity contribution in [1.29, 1.82) is 0 Å². The Morgan fingerprint density at radius 1 is 0.714 bits per heavy atom. The summed E-state index contributed by atoms with van der Waals surface area (Å²) in [6.45, 7) is 2.81. The maximum atomic E-state index is 12.9. The quantitative estimate of drug-likeness (QED) is 0.158. The molecule has 0 saturated carbocycles. The molecule has 1 aromatic rings. The van der Waals surface area contributed by atoms with E-state index in [2.05, 4.69) is 17.6 Å². The van der Waals surface area contributed by atoms with E-state index >= 15 is 0 Å². The number of amides is 2. The second-order valence-corrected chi connectivity index (χ2v) is 9.55. The van der Waals surface area contributed by atoms with Crippen LogP contribution in [-0.2, 0) is 14.4 Å². The lowest BCUT2D eigenvalue weighted by Gasteiger charge is -2.19. The highest BCUT2D eigenvalue weighted by Gasteiger charge is 2.22. The van der Waals surface area contributed by atoms with Crippen LogP contribution in [0.2, 0.25) is 0 Å². The maximum Gasteiger partial charge on any atom is 0.303 e. The molecule has 0 saturated heterocycles. The molecule has 0 aliphatic rings. The summed E-state index contributed by atoms with van der Waals surface area (Å²) < 4.78 is 0. The molecule has 6 heteroatoms. The molecule has 0 aliphatic carbocycles. The molecule has 1 aromatic carbocycles. The molecule has 0 aliphatic heterocycles. The van der Waals surface area contributed by atoms with Gasteiger partial charge in [-0.15, -0.1) is 0 Å². The summed E-state index contributed by atoms with van der Waals surface area (Å²) in [6, 6.07) is 8.81. The fraction of sp³-hybridized carbons (Fsp3) is 0.690. The lowest BCUT2D eigenvalue weighted by Crippen LogP contribution is -2.40. The number of benzene rings is 1. The van der Waals surface area contributed by atoms with Crippen molar-refractivity contribution in [2.45, 2.75) is 122 Å². The highest BCUT2D eigenvalue weighted by atomic mass is 16.4. The molecule has 0 fully saturated rings. The van der Waals surface area contributed by atoms with Gasteiger partial charge in [-0.2, -0.15) is 0 Å². The summed E-state index contributed by atoms with van der Waals surface area (Å²) in [5.74, 6) is -0.913. The molecule has 0 radical (unpaired) electrons. The Kier molecular flexibility index (Phi) is 18.4. The standard InChI is InChI=1S/C29H48N2O4/c1-2-3-4-5-11-17-22-26(32)31-28(25-20-15-14-16-21-25)29(35)30-24-19-13-10-8-6-7-9-12-18-23-27(33)34/h14-16,20-21,28H,2-13,17-19,22-24H2,1H3,(H,30,35)(H,31,32)(H,33,34)/t28-/m1/s1. The lowest BCUT2D eigenvalue weighted by atomic mass is 10.0. The minimum absolute atomic E-state index is 0.0625. The molecule has 1 rings (SSSR count). The van der Waals surface area contributed by atoms with Crippen molar-refractivity contribution < 1.29 is 19.5 Å². The number of carbonyl (C=O) groups excluding carboxylic acids is 2. The van der Waals surface area contributed by atoms with Gasteiger partial charge < -0.3 is 15.7 Å². The average Bonchev–Trinajstić information content (AvgIpc) is 2.85. The minimum Gasteiger partial charge on any atom is -0.481 e. The van der Waals surface area contributed by atoms with Crippen LogP contribution in [0.25, 0.3) is 0 Å². The normalized spacial score (nSPS) is 11.7. The van der Waals surface area contributed by atoms with E-state index in [1.54, 1.807) is 0 Å². The zero-order chi connectivity index (χ0) is 25.6. The number of carboxylic acid groups (broad SMARTS) is 1. The van der Waals surface area contributed by atoms with Crippen LogP contribution >= 0.6 is 0 Å². The van der Waals surface area contributed by atoms with Gasteiger partial charge in [-0.25, -0.2) is 0 Å². The number of carboxylic acids is 1. The van der Waals surface area contributed by atoms with E-state index < -0.39 is 12.0 Å². The third-order valence-corrected chi connectivity index (χ3v) is 6.32. The molecule has 2 amide bonds. The van der Waals surface area contributed by atoms with Gasteiger partial charge in [0, 0.05) is 19.4 Å². The minimum atomic E-state index is -0.706. The number of hydrogen-bond acceptors (Lipinski definition) is 3. The number of aliphatic carboxylic acids is 1. The number of unbranched alkanes of at least 4 members (excludes halogenated alkanes) is 13. The molecule has 6 nitrogen and oxygen atoms in total. The Balaban J connectivity index is 2.24. The van der Waals surface area contributed by atoms with Crippen LogP contribution in [-0.4, -0.2) is 29.4 Å². The zero-order valence-corrected chi connectivity index (χ0v) is 21.9. The van der Waals surface area contributed by atoms with Crippen LogP contribution in [0.1, 0.15) is 128 Å². The second-order valence-electron chi connectivity index (χ2n) is 9.55. The van der Waals surface area contributed by atoms with E-state index in [-0.39, 0.29) is 18.2 Å². The van der Waals surface area contributed by atoms with Gasteiger partial charge in [-0.1, -0.05) is 114 Å². The summed E-state index contributed by atoms with van der Waals surface area (Å²) in [7, 11) is 0. The molecule has 198 valence electrons. The van der Waals surface area contributed by atoms with Crippen molar-refractivity contribution in [3.63, 3.8) is 0 Å². The summed E-state index contributed by atoms with van der Waals surface area (Å²) in [6.07, 6.45) is 17.0. The van der Waals surface area contributed by atoms with E-state index in [1.807, 2.05) is 30.3 Å². The van der Waals surface area contributed by atoms with Gasteiger partial charge in [0.25, 0.3) is 0 Å². The molecule has 0 unspecified atom stereocenters. The van der Waals surface area contributed by atoms with Crippen molar-refractivity contribution in [2.75, 3.05) is 6.54 Å². The molecule has 0 aromatic heterocycles. The summed E-state index contributed by atoms with van der Waals surface area (Å²) in [5, 5.41) is 14.6. The number of rotatable bonds is 22. The number of carbonyl (C=O) groups is 3. The predicted molar refractivity (Wildman–Crippen MR) is 142 cm³/mol. The van der Waals surface area contributed by atoms with Crippen LogP contribution in [0.15, 0.2) is 30.3 Å². The number of hydrogen-bond donors (Lipinski definition) is 3. The molecular formula is C29H48N2O4. The fourth-order valence-corrected chi connectivity index (χ4v) is 4.20. The third-order valence-electron chi connectivity index (χ3n) is 6.32. The molecule has 0 spiro atoms. The van der Waals surface area contributed by atoms with Crippen molar-refractivity contribution in [2.24, 2.45) is 0 Å². The van der Waals surface area contributed by atoms with Crippen LogP contribution in [0, 0.1) is 0 Å².